The van der Waals surface area contributed by atoms with Gasteiger partial charge in [-0.15, -0.1) is 0 Å². The zero-order chi connectivity index (χ0) is 22.2. The number of allylic oxidation sites excluding steroid dienone is 1. The van der Waals surface area contributed by atoms with Gasteiger partial charge < -0.3 is 15.4 Å². The van der Waals surface area contributed by atoms with Crippen molar-refractivity contribution in [3.05, 3.63) is 94.7 Å². The van der Waals surface area contributed by atoms with Crippen molar-refractivity contribution in [2.75, 3.05) is 17.7 Å². The van der Waals surface area contributed by atoms with Crippen LogP contribution in [0.25, 0.3) is 11.0 Å². The molecular weight excluding hydrogens is 424 g/mol. The summed E-state index contributed by atoms with van der Waals surface area (Å²) < 4.78 is 7.47. The maximum Gasteiger partial charge on any atom is 0.255 e. The number of hydrogen-bond donors (Lipinski definition) is 2. The Kier molecular flexibility index (Phi) is 5.07. The highest BCUT2D eigenvalue weighted by Gasteiger charge is 2.34. The normalized spacial score (nSPS) is 15.3. The van der Waals surface area contributed by atoms with Crippen molar-refractivity contribution < 1.29 is 9.53 Å². The van der Waals surface area contributed by atoms with Gasteiger partial charge in [0, 0.05) is 10.7 Å². The summed E-state index contributed by atoms with van der Waals surface area (Å²) in [6.45, 7) is 1.89. The average Bonchev–Trinajstić information content (AvgIpc) is 3.17. The Balaban J connectivity index is 1.66. The van der Waals surface area contributed by atoms with E-state index in [0.717, 1.165) is 22.3 Å². The summed E-state index contributed by atoms with van der Waals surface area (Å²) in [5, 5.41) is 6.98. The molecule has 0 saturated carbocycles. The zero-order valence-corrected chi connectivity index (χ0v) is 18.4. The maximum atomic E-state index is 13.6. The van der Waals surface area contributed by atoms with Gasteiger partial charge in [-0.1, -0.05) is 48.0 Å². The minimum absolute atomic E-state index is 0.220. The number of aromatic nitrogens is 2. The molecule has 0 fully saturated rings. The molecule has 1 aromatic heterocycles. The fourth-order valence-electron chi connectivity index (χ4n) is 4.16. The second-order valence-corrected chi connectivity index (χ2v) is 8.00. The molecule has 7 heteroatoms. The highest BCUT2D eigenvalue weighted by Crippen LogP contribution is 2.40. The Hall–Kier alpha value is -3.77. The number of ether oxygens (including phenoxy) is 1. The minimum Gasteiger partial charge on any atom is -0.495 e. The number of imidazole rings is 1. The predicted octanol–water partition coefficient (Wildman–Crippen LogP) is 5.63. The van der Waals surface area contributed by atoms with Gasteiger partial charge in [0.15, 0.2) is 0 Å². The SMILES string of the molecule is COc1ccccc1NC(=O)C1=C(C)Nc2nc3ccccc3n2[C@@H]1c1ccc(Cl)cc1. The van der Waals surface area contributed by atoms with Gasteiger partial charge in [-0.05, 0) is 48.9 Å². The van der Waals surface area contributed by atoms with Gasteiger partial charge in [0.25, 0.3) is 5.91 Å². The number of methoxy groups -OCH3 is 1. The van der Waals surface area contributed by atoms with E-state index in [1.165, 1.54) is 0 Å². The number of benzene rings is 3. The van der Waals surface area contributed by atoms with Crippen molar-refractivity contribution >= 4 is 40.2 Å². The summed E-state index contributed by atoms with van der Waals surface area (Å²) in [6.07, 6.45) is 0. The first-order chi connectivity index (χ1) is 15.6. The Morgan fingerprint density at radius 2 is 1.78 bits per heavy atom. The van der Waals surface area contributed by atoms with Crippen LogP contribution in [-0.2, 0) is 4.79 Å². The molecule has 4 aromatic rings. The average molecular weight is 445 g/mol. The summed E-state index contributed by atoms with van der Waals surface area (Å²) in [5.41, 5.74) is 4.66. The number of fused-ring (bicyclic) bond motifs is 3. The molecule has 2 heterocycles. The lowest BCUT2D eigenvalue weighted by atomic mass is 9.94. The van der Waals surface area contributed by atoms with E-state index >= 15 is 0 Å². The van der Waals surface area contributed by atoms with E-state index in [-0.39, 0.29) is 11.9 Å². The van der Waals surface area contributed by atoms with Gasteiger partial charge in [0.1, 0.15) is 5.75 Å². The zero-order valence-electron chi connectivity index (χ0n) is 17.6. The van der Waals surface area contributed by atoms with Crippen LogP contribution in [0.4, 0.5) is 11.6 Å². The first kappa shape index (κ1) is 20.2. The second kappa shape index (κ2) is 8.05. The molecule has 0 spiro atoms. The summed E-state index contributed by atoms with van der Waals surface area (Å²) in [6, 6.07) is 22.4. The number of carbonyl (C=O) groups is 1. The van der Waals surface area contributed by atoms with E-state index in [1.807, 2.05) is 79.7 Å². The summed E-state index contributed by atoms with van der Waals surface area (Å²) in [5.74, 6) is 1.07. The fourth-order valence-corrected chi connectivity index (χ4v) is 4.28. The molecule has 0 saturated heterocycles. The molecule has 1 amide bonds. The molecule has 32 heavy (non-hydrogen) atoms. The summed E-state index contributed by atoms with van der Waals surface area (Å²) in [7, 11) is 1.58. The Labute approximate surface area is 190 Å². The Morgan fingerprint density at radius 3 is 2.56 bits per heavy atom. The molecule has 1 aliphatic heterocycles. The quantitative estimate of drug-likeness (QED) is 0.428. The van der Waals surface area contributed by atoms with Gasteiger partial charge in [0.05, 0.1) is 35.4 Å². The van der Waals surface area contributed by atoms with Gasteiger partial charge in [-0.3, -0.25) is 9.36 Å². The lowest BCUT2D eigenvalue weighted by molar-refractivity contribution is -0.113. The minimum atomic E-state index is -0.384. The van der Waals surface area contributed by atoms with E-state index in [2.05, 4.69) is 15.2 Å². The molecule has 0 unspecified atom stereocenters. The van der Waals surface area contributed by atoms with Crippen molar-refractivity contribution in [1.29, 1.82) is 0 Å². The second-order valence-electron chi connectivity index (χ2n) is 7.57. The van der Waals surface area contributed by atoms with Crippen LogP contribution >= 0.6 is 11.6 Å². The highest BCUT2D eigenvalue weighted by atomic mass is 35.5. The number of hydrogen-bond acceptors (Lipinski definition) is 4. The third-order valence-electron chi connectivity index (χ3n) is 5.62. The first-order valence-corrected chi connectivity index (χ1v) is 10.6. The molecule has 1 atom stereocenters. The van der Waals surface area contributed by atoms with Crippen molar-refractivity contribution in [3.8, 4) is 5.75 Å². The number of anilines is 2. The van der Waals surface area contributed by atoms with Gasteiger partial charge in [-0.2, -0.15) is 0 Å². The first-order valence-electron chi connectivity index (χ1n) is 10.2. The van der Waals surface area contributed by atoms with Crippen LogP contribution in [0.2, 0.25) is 5.02 Å². The fraction of sp³-hybridized carbons (Fsp3) is 0.120. The van der Waals surface area contributed by atoms with Gasteiger partial charge in [0.2, 0.25) is 5.95 Å². The summed E-state index contributed by atoms with van der Waals surface area (Å²) in [4.78, 5) is 18.4. The molecule has 2 N–H and O–H groups in total. The van der Waals surface area contributed by atoms with Crippen LogP contribution in [-0.4, -0.2) is 22.6 Å². The number of nitrogens with one attached hydrogen (secondary N) is 2. The molecule has 3 aromatic carbocycles. The number of halogens is 1. The monoisotopic (exact) mass is 444 g/mol. The Morgan fingerprint density at radius 1 is 1.06 bits per heavy atom. The Bertz CT molecular complexity index is 1360. The van der Waals surface area contributed by atoms with E-state index in [4.69, 9.17) is 21.3 Å². The summed E-state index contributed by atoms with van der Waals surface area (Å²) >= 11 is 6.16. The number of nitrogens with zero attached hydrogens (tertiary/aromatic N) is 2. The molecule has 0 aliphatic carbocycles. The van der Waals surface area contributed by atoms with Crippen LogP contribution in [0.5, 0.6) is 5.75 Å². The number of rotatable bonds is 4. The molecule has 0 bridgehead atoms. The third kappa shape index (κ3) is 3.39. The highest BCUT2D eigenvalue weighted by molar-refractivity contribution is 6.30. The largest absolute Gasteiger partial charge is 0.495 e. The molecular formula is C25H21ClN4O2. The van der Waals surface area contributed by atoms with Crippen molar-refractivity contribution in [1.82, 2.24) is 9.55 Å². The van der Waals surface area contributed by atoms with Crippen LogP contribution in [0.1, 0.15) is 18.5 Å². The van der Waals surface area contributed by atoms with Crippen molar-refractivity contribution in [2.24, 2.45) is 0 Å². The lowest BCUT2D eigenvalue weighted by Gasteiger charge is -2.31. The van der Waals surface area contributed by atoms with Gasteiger partial charge >= 0.3 is 0 Å². The van der Waals surface area contributed by atoms with E-state index < -0.39 is 0 Å². The van der Waals surface area contributed by atoms with E-state index in [0.29, 0.717) is 28.0 Å². The van der Waals surface area contributed by atoms with Crippen LogP contribution < -0.4 is 15.4 Å². The molecule has 5 rings (SSSR count). The molecule has 1 aliphatic rings. The lowest BCUT2D eigenvalue weighted by Crippen LogP contribution is -2.31. The topological polar surface area (TPSA) is 68.2 Å². The maximum absolute atomic E-state index is 13.6. The van der Waals surface area contributed by atoms with E-state index in [9.17, 15) is 4.79 Å². The van der Waals surface area contributed by atoms with Crippen LogP contribution in [0, 0.1) is 0 Å². The van der Waals surface area contributed by atoms with Gasteiger partial charge in [-0.25, -0.2) is 4.98 Å². The smallest absolute Gasteiger partial charge is 0.255 e. The molecule has 6 nitrogen and oxygen atoms in total. The molecule has 0 radical (unpaired) electrons. The van der Waals surface area contributed by atoms with Crippen molar-refractivity contribution in [3.63, 3.8) is 0 Å². The van der Waals surface area contributed by atoms with Crippen LogP contribution in [0.15, 0.2) is 84.1 Å². The standard InChI is InChI=1S/C25H21ClN4O2/c1-15-22(24(31)28-19-8-4-6-10-21(19)32-2)23(16-11-13-17(26)14-12-16)30-20-9-5-3-7-18(20)29-25(30)27-15/h3-14,23H,1-2H3,(H,27,29)(H,28,31)/t23-/m1/s1. The van der Waals surface area contributed by atoms with Crippen LogP contribution in [0.3, 0.4) is 0 Å². The van der Waals surface area contributed by atoms with Crippen molar-refractivity contribution in [2.45, 2.75) is 13.0 Å². The van der Waals surface area contributed by atoms with E-state index in [1.54, 1.807) is 7.11 Å². The number of amides is 1. The molecule has 160 valence electrons. The number of para-hydroxylation sites is 4. The number of carbonyl (C=O) groups excluding carboxylic acids is 1. The third-order valence-corrected chi connectivity index (χ3v) is 5.87. The predicted molar refractivity (Wildman–Crippen MR) is 127 cm³/mol.